The summed E-state index contributed by atoms with van der Waals surface area (Å²) < 4.78 is 4.89. The Balaban J connectivity index is 1.88. The molecule has 0 bridgehead atoms. The number of non-ortho nitro benzene ring substituents is 1. The third-order valence-corrected chi connectivity index (χ3v) is 2.52. The van der Waals surface area contributed by atoms with E-state index in [0.29, 0.717) is 13.1 Å². The number of hydroxylamine groups is 2. The number of ether oxygens (including phenoxy) is 1. The zero-order valence-electron chi connectivity index (χ0n) is 9.57. The fraction of sp³-hybridized carbons (Fsp3) is 0.364. The number of nitro groups is 1. The standard InChI is InChI=1S/C11H12N2O5/c14-11(18-12-7-1-2-8-12)17-10-5-3-9(4-6-10)13(15)16/h3-6H,1-2,7-8H2. The molecule has 0 spiro atoms. The summed E-state index contributed by atoms with van der Waals surface area (Å²) in [5.41, 5.74) is -0.0599. The molecule has 0 unspecified atom stereocenters. The van der Waals surface area contributed by atoms with Crippen LogP contribution in [0.4, 0.5) is 10.5 Å². The Morgan fingerprint density at radius 3 is 2.39 bits per heavy atom. The van der Waals surface area contributed by atoms with E-state index in [1.807, 2.05) is 0 Å². The lowest BCUT2D eigenvalue weighted by atomic mass is 10.3. The molecule has 0 aromatic heterocycles. The predicted molar refractivity (Wildman–Crippen MR) is 61.0 cm³/mol. The Kier molecular flexibility index (Phi) is 3.73. The molecule has 0 N–H and O–H groups in total. The van der Waals surface area contributed by atoms with Crippen LogP contribution >= 0.6 is 0 Å². The van der Waals surface area contributed by atoms with Gasteiger partial charge >= 0.3 is 6.16 Å². The highest BCUT2D eigenvalue weighted by Crippen LogP contribution is 2.18. The van der Waals surface area contributed by atoms with Gasteiger partial charge in [-0.05, 0) is 25.0 Å². The minimum Gasteiger partial charge on any atom is -0.394 e. The molecule has 1 aromatic carbocycles. The lowest BCUT2D eigenvalue weighted by molar-refractivity contribution is -0.384. The van der Waals surface area contributed by atoms with Gasteiger partial charge in [0.15, 0.2) is 0 Å². The van der Waals surface area contributed by atoms with Gasteiger partial charge in [0.1, 0.15) is 5.75 Å². The van der Waals surface area contributed by atoms with Gasteiger partial charge in [0.05, 0.1) is 4.92 Å². The minimum absolute atomic E-state index is 0.0599. The maximum absolute atomic E-state index is 11.4. The number of hydrogen-bond donors (Lipinski definition) is 0. The first kappa shape index (κ1) is 12.3. The highest BCUT2D eigenvalue weighted by Gasteiger charge is 2.18. The zero-order valence-corrected chi connectivity index (χ0v) is 9.57. The summed E-state index contributed by atoms with van der Waals surface area (Å²) in [5.74, 6) is 0.213. The third-order valence-electron chi connectivity index (χ3n) is 2.52. The Morgan fingerprint density at radius 2 is 1.83 bits per heavy atom. The molecule has 1 fully saturated rings. The van der Waals surface area contributed by atoms with Gasteiger partial charge in [0, 0.05) is 25.2 Å². The smallest absolute Gasteiger partial charge is 0.394 e. The van der Waals surface area contributed by atoms with Crippen molar-refractivity contribution < 1.29 is 19.3 Å². The van der Waals surface area contributed by atoms with Crippen molar-refractivity contribution in [1.29, 1.82) is 0 Å². The lowest BCUT2D eigenvalue weighted by Gasteiger charge is -2.13. The second-order valence-electron chi connectivity index (χ2n) is 3.83. The van der Waals surface area contributed by atoms with Gasteiger partial charge in [-0.2, -0.15) is 0 Å². The molecule has 18 heavy (non-hydrogen) atoms. The summed E-state index contributed by atoms with van der Waals surface area (Å²) in [6.07, 6.45) is 1.15. The molecule has 0 aliphatic carbocycles. The van der Waals surface area contributed by atoms with Crippen molar-refractivity contribution in [2.45, 2.75) is 12.8 Å². The SMILES string of the molecule is O=C(Oc1ccc([N+](=O)[O-])cc1)ON1CCCC1. The van der Waals surface area contributed by atoms with Gasteiger partial charge in [-0.1, -0.05) is 0 Å². The number of hydrogen-bond acceptors (Lipinski definition) is 6. The topological polar surface area (TPSA) is 81.9 Å². The molecule has 0 atom stereocenters. The second kappa shape index (κ2) is 5.46. The van der Waals surface area contributed by atoms with Crippen molar-refractivity contribution in [3.63, 3.8) is 0 Å². The summed E-state index contributed by atoms with van der Waals surface area (Å²) in [4.78, 5) is 26.2. The fourth-order valence-corrected chi connectivity index (χ4v) is 1.64. The summed E-state index contributed by atoms with van der Waals surface area (Å²) in [6.45, 7) is 1.41. The highest BCUT2D eigenvalue weighted by molar-refractivity contribution is 5.63. The van der Waals surface area contributed by atoms with E-state index in [2.05, 4.69) is 0 Å². The van der Waals surface area contributed by atoms with Gasteiger partial charge in [-0.3, -0.25) is 10.1 Å². The first-order chi connectivity index (χ1) is 8.65. The van der Waals surface area contributed by atoms with Crippen molar-refractivity contribution in [3.05, 3.63) is 34.4 Å². The molecule has 0 radical (unpaired) electrons. The van der Waals surface area contributed by atoms with Gasteiger partial charge in [-0.15, -0.1) is 5.06 Å². The molecular formula is C11H12N2O5. The summed E-state index contributed by atoms with van der Waals surface area (Å²) in [6, 6.07) is 5.23. The molecule has 1 aliphatic rings. The average molecular weight is 252 g/mol. The summed E-state index contributed by atoms with van der Waals surface area (Å²) >= 11 is 0. The molecule has 2 rings (SSSR count). The Labute approximate surface area is 103 Å². The minimum atomic E-state index is -0.828. The number of benzene rings is 1. The van der Waals surface area contributed by atoms with E-state index in [1.165, 1.54) is 29.3 Å². The molecule has 1 aromatic rings. The molecule has 1 saturated heterocycles. The van der Waals surface area contributed by atoms with Crippen LogP contribution in [-0.2, 0) is 4.84 Å². The van der Waals surface area contributed by atoms with E-state index < -0.39 is 11.1 Å². The van der Waals surface area contributed by atoms with E-state index in [1.54, 1.807) is 0 Å². The fourth-order valence-electron chi connectivity index (χ4n) is 1.64. The molecule has 1 aliphatic heterocycles. The van der Waals surface area contributed by atoms with Crippen LogP contribution in [0.3, 0.4) is 0 Å². The maximum Gasteiger partial charge on any atom is 0.533 e. The van der Waals surface area contributed by atoms with Crippen molar-refractivity contribution in [3.8, 4) is 5.75 Å². The quantitative estimate of drug-likeness (QED) is 0.354. The van der Waals surface area contributed by atoms with Crippen LogP contribution in [0.25, 0.3) is 0 Å². The second-order valence-corrected chi connectivity index (χ2v) is 3.83. The van der Waals surface area contributed by atoms with Gasteiger partial charge in [0.25, 0.3) is 5.69 Å². The molecule has 7 heteroatoms. The van der Waals surface area contributed by atoms with Crippen LogP contribution in [0.5, 0.6) is 5.75 Å². The van der Waals surface area contributed by atoms with Crippen LogP contribution in [0.15, 0.2) is 24.3 Å². The van der Waals surface area contributed by atoms with E-state index in [0.717, 1.165) is 12.8 Å². The maximum atomic E-state index is 11.4. The van der Waals surface area contributed by atoms with Gasteiger partial charge in [0.2, 0.25) is 0 Å². The molecule has 96 valence electrons. The molecule has 7 nitrogen and oxygen atoms in total. The predicted octanol–water partition coefficient (Wildman–Crippen LogP) is 2.12. The monoisotopic (exact) mass is 252 g/mol. The normalized spacial score (nSPS) is 15.3. The molecule has 0 amide bonds. The lowest BCUT2D eigenvalue weighted by Crippen LogP contribution is -2.26. The Bertz CT molecular complexity index is 439. The molecular weight excluding hydrogens is 240 g/mol. The molecule has 0 saturated carbocycles. The van der Waals surface area contributed by atoms with E-state index in [-0.39, 0.29) is 11.4 Å². The van der Waals surface area contributed by atoms with Crippen molar-refractivity contribution in [2.75, 3.05) is 13.1 Å². The van der Waals surface area contributed by atoms with Crippen LogP contribution in [0.1, 0.15) is 12.8 Å². The summed E-state index contributed by atoms with van der Waals surface area (Å²) in [5, 5.41) is 12.0. The number of rotatable bonds is 3. The molecule has 1 heterocycles. The third kappa shape index (κ3) is 3.17. The first-order valence-corrected chi connectivity index (χ1v) is 5.54. The van der Waals surface area contributed by atoms with E-state index in [4.69, 9.17) is 9.57 Å². The number of nitro benzene ring substituents is 1. The van der Waals surface area contributed by atoms with Crippen LogP contribution in [0, 0.1) is 10.1 Å². The Hall–Kier alpha value is -2.15. The average Bonchev–Trinajstić information content (AvgIpc) is 2.82. The zero-order chi connectivity index (χ0) is 13.0. The summed E-state index contributed by atoms with van der Waals surface area (Å²) in [7, 11) is 0. The number of carbonyl (C=O) groups is 1. The highest BCUT2D eigenvalue weighted by atomic mass is 16.8. The van der Waals surface area contributed by atoms with Crippen molar-refractivity contribution in [2.24, 2.45) is 0 Å². The van der Waals surface area contributed by atoms with Gasteiger partial charge < -0.3 is 9.57 Å². The van der Waals surface area contributed by atoms with Crippen molar-refractivity contribution >= 4 is 11.8 Å². The van der Waals surface area contributed by atoms with Crippen LogP contribution in [0.2, 0.25) is 0 Å². The van der Waals surface area contributed by atoms with E-state index in [9.17, 15) is 14.9 Å². The van der Waals surface area contributed by atoms with Crippen LogP contribution < -0.4 is 4.74 Å². The van der Waals surface area contributed by atoms with Crippen molar-refractivity contribution in [1.82, 2.24) is 5.06 Å². The number of carbonyl (C=O) groups excluding carboxylic acids is 1. The Morgan fingerprint density at radius 1 is 1.22 bits per heavy atom. The largest absolute Gasteiger partial charge is 0.533 e. The number of nitrogens with zero attached hydrogens (tertiary/aromatic N) is 2. The van der Waals surface area contributed by atoms with Gasteiger partial charge in [-0.25, -0.2) is 4.79 Å². The van der Waals surface area contributed by atoms with E-state index >= 15 is 0 Å². The van der Waals surface area contributed by atoms with Crippen LogP contribution in [-0.4, -0.2) is 29.2 Å². The first-order valence-electron chi connectivity index (χ1n) is 5.54.